The van der Waals surface area contributed by atoms with Crippen molar-refractivity contribution < 1.29 is 4.79 Å². The minimum atomic E-state index is -0.210. The molecule has 0 aliphatic rings. The van der Waals surface area contributed by atoms with Crippen molar-refractivity contribution in [3.63, 3.8) is 0 Å². The first kappa shape index (κ1) is 21.8. The topological polar surface area (TPSA) is 84.7 Å². The number of hydrogen-bond donors (Lipinski definition) is 2. The summed E-state index contributed by atoms with van der Waals surface area (Å²) in [5.74, 6) is -0.210. The Morgan fingerprint density at radius 3 is 2.77 bits per heavy atom. The molecule has 1 amide bonds. The van der Waals surface area contributed by atoms with Crippen molar-refractivity contribution in [3.05, 3.63) is 48.0 Å². The van der Waals surface area contributed by atoms with Gasteiger partial charge in [0.15, 0.2) is 5.69 Å². The Bertz CT molecular complexity index is 862. The summed E-state index contributed by atoms with van der Waals surface area (Å²) in [5.41, 5.74) is 1.93. The van der Waals surface area contributed by atoms with Crippen molar-refractivity contribution in [1.29, 1.82) is 0 Å². The number of carbonyl (C=O) groups excluding carboxylic acids is 1. The second-order valence-electron chi connectivity index (χ2n) is 5.42. The molecule has 0 aliphatic heterocycles. The molecule has 140 valence electrons. The van der Waals surface area contributed by atoms with Crippen LogP contribution in [0.15, 0.2) is 36.7 Å². The largest absolute Gasteiger partial charge is 0.349 e. The fourth-order valence-electron chi connectivity index (χ4n) is 2.58. The van der Waals surface area contributed by atoms with Crippen molar-refractivity contribution in [2.75, 3.05) is 19.6 Å². The summed E-state index contributed by atoms with van der Waals surface area (Å²) in [6, 6.07) is 7.82. The van der Waals surface area contributed by atoms with Gasteiger partial charge >= 0.3 is 0 Å². The van der Waals surface area contributed by atoms with Gasteiger partial charge in [-0.15, -0.1) is 29.9 Å². The molecule has 26 heavy (non-hydrogen) atoms. The van der Waals surface area contributed by atoms with Crippen molar-refractivity contribution >= 4 is 41.5 Å². The highest BCUT2D eigenvalue weighted by Gasteiger charge is 2.17. The quantitative estimate of drug-likeness (QED) is 0.624. The predicted octanol–water partition coefficient (Wildman–Crippen LogP) is 2.31. The molecule has 0 fully saturated rings. The second-order valence-corrected chi connectivity index (χ2v) is 5.42. The zero-order valence-electron chi connectivity index (χ0n) is 14.6. The van der Waals surface area contributed by atoms with Crippen molar-refractivity contribution in [3.8, 4) is 5.69 Å². The maximum atomic E-state index is 12.3. The third-order valence-corrected chi connectivity index (χ3v) is 3.83. The Labute approximate surface area is 164 Å². The van der Waals surface area contributed by atoms with Gasteiger partial charge in [-0.1, -0.05) is 24.3 Å². The van der Waals surface area contributed by atoms with E-state index in [0.717, 1.165) is 29.5 Å². The van der Waals surface area contributed by atoms with Crippen molar-refractivity contribution in [2.45, 2.75) is 13.8 Å². The molecule has 1 aromatic carbocycles. The molecule has 0 saturated heterocycles. The first-order valence-corrected chi connectivity index (χ1v) is 7.96. The van der Waals surface area contributed by atoms with Gasteiger partial charge in [-0.05, 0) is 25.6 Å². The molecule has 0 unspecified atom stereocenters. The van der Waals surface area contributed by atoms with Gasteiger partial charge in [0.2, 0.25) is 0 Å². The Morgan fingerprint density at radius 1 is 1.19 bits per heavy atom. The van der Waals surface area contributed by atoms with E-state index in [1.807, 2.05) is 38.1 Å². The summed E-state index contributed by atoms with van der Waals surface area (Å²) in [5, 5.41) is 16.3. The number of likely N-dealkylation sites (N-methyl/N-ethyl adjacent to an activating group) is 1. The van der Waals surface area contributed by atoms with Gasteiger partial charge in [0.25, 0.3) is 5.91 Å². The van der Waals surface area contributed by atoms with E-state index in [2.05, 4.69) is 25.9 Å². The molecule has 2 aromatic heterocycles. The average molecular weight is 397 g/mol. The summed E-state index contributed by atoms with van der Waals surface area (Å²) in [4.78, 5) is 16.4. The molecule has 0 spiro atoms. The molecule has 0 aliphatic carbocycles. The zero-order chi connectivity index (χ0) is 16.9. The lowest BCUT2D eigenvalue weighted by atomic mass is 10.1. The Morgan fingerprint density at radius 2 is 2.00 bits per heavy atom. The zero-order valence-corrected chi connectivity index (χ0v) is 16.2. The minimum absolute atomic E-state index is 0. The van der Waals surface area contributed by atoms with Crippen LogP contribution in [0.5, 0.6) is 0 Å². The fraction of sp³-hybridized carbons (Fsp3) is 0.294. The lowest BCUT2D eigenvalue weighted by Crippen LogP contribution is -2.32. The molecular weight excluding hydrogens is 375 g/mol. The maximum absolute atomic E-state index is 12.3. The van der Waals surface area contributed by atoms with Crippen LogP contribution in [0.4, 0.5) is 0 Å². The first-order chi connectivity index (χ1) is 11.7. The summed E-state index contributed by atoms with van der Waals surface area (Å²) in [6.07, 6.45) is 3.55. The van der Waals surface area contributed by atoms with Crippen LogP contribution in [0.2, 0.25) is 0 Å². The van der Waals surface area contributed by atoms with E-state index in [9.17, 15) is 4.79 Å². The van der Waals surface area contributed by atoms with Gasteiger partial charge in [0, 0.05) is 36.3 Å². The van der Waals surface area contributed by atoms with E-state index in [0.29, 0.717) is 17.9 Å². The number of carbonyl (C=O) groups is 1. The van der Waals surface area contributed by atoms with Crippen molar-refractivity contribution in [2.24, 2.45) is 0 Å². The molecule has 3 rings (SSSR count). The molecular formula is C17H22Cl2N6O. The van der Waals surface area contributed by atoms with Gasteiger partial charge in [0.05, 0.1) is 11.4 Å². The lowest BCUT2D eigenvalue weighted by molar-refractivity contribution is 0.0948. The highest BCUT2D eigenvalue weighted by Crippen LogP contribution is 2.22. The van der Waals surface area contributed by atoms with E-state index < -0.39 is 0 Å². The maximum Gasteiger partial charge on any atom is 0.273 e. The highest BCUT2D eigenvalue weighted by atomic mass is 35.5. The van der Waals surface area contributed by atoms with Gasteiger partial charge in [0.1, 0.15) is 0 Å². The number of hydrogen-bond acceptors (Lipinski definition) is 5. The number of fused-ring (bicyclic) bond motifs is 1. The molecule has 0 bridgehead atoms. The molecule has 2 heterocycles. The number of pyridine rings is 1. The van der Waals surface area contributed by atoms with E-state index in [1.165, 1.54) is 0 Å². The summed E-state index contributed by atoms with van der Waals surface area (Å²) < 4.78 is 1.70. The van der Waals surface area contributed by atoms with E-state index in [4.69, 9.17) is 0 Å². The second kappa shape index (κ2) is 10.1. The Kier molecular flexibility index (Phi) is 8.44. The molecule has 7 nitrogen and oxygen atoms in total. The van der Waals surface area contributed by atoms with Gasteiger partial charge in [-0.2, -0.15) is 0 Å². The fourth-order valence-corrected chi connectivity index (χ4v) is 2.58. The van der Waals surface area contributed by atoms with Crippen molar-refractivity contribution in [1.82, 2.24) is 30.6 Å². The number of halogens is 2. The molecule has 2 N–H and O–H groups in total. The standard InChI is InChI=1S/C17H20N6O.2ClH/c1-3-18-9-10-20-17(24)16-12(2)23(22-21-16)15-6-4-5-13-11-19-8-7-14(13)15;;/h4-8,11,18H,3,9-10H2,1-2H3,(H,20,24);2*1H. The van der Waals surface area contributed by atoms with E-state index in [-0.39, 0.29) is 30.7 Å². The smallest absolute Gasteiger partial charge is 0.273 e. The summed E-state index contributed by atoms with van der Waals surface area (Å²) in [6.45, 7) is 6.03. The highest BCUT2D eigenvalue weighted by molar-refractivity contribution is 5.94. The van der Waals surface area contributed by atoms with Gasteiger partial charge in [-0.3, -0.25) is 9.78 Å². The average Bonchev–Trinajstić information content (AvgIpc) is 2.99. The number of benzene rings is 1. The number of amides is 1. The van der Waals surface area contributed by atoms with Crippen LogP contribution in [-0.4, -0.2) is 45.5 Å². The van der Waals surface area contributed by atoms with Crippen LogP contribution >= 0.6 is 24.8 Å². The SMILES string of the molecule is CCNCCNC(=O)c1nnn(-c2cccc3cnccc23)c1C.Cl.Cl. The number of nitrogens with one attached hydrogen (secondary N) is 2. The molecule has 0 atom stereocenters. The van der Waals surface area contributed by atoms with Crippen LogP contribution < -0.4 is 10.6 Å². The Hall–Kier alpha value is -2.22. The molecule has 0 saturated carbocycles. The van der Waals surface area contributed by atoms with Gasteiger partial charge in [-0.25, -0.2) is 4.68 Å². The van der Waals surface area contributed by atoms with E-state index >= 15 is 0 Å². The number of nitrogens with zero attached hydrogens (tertiary/aromatic N) is 4. The van der Waals surface area contributed by atoms with Crippen LogP contribution in [0.1, 0.15) is 23.1 Å². The third-order valence-electron chi connectivity index (χ3n) is 3.83. The summed E-state index contributed by atoms with van der Waals surface area (Å²) >= 11 is 0. The molecule has 0 radical (unpaired) electrons. The third kappa shape index (κ3) is 4.49. The lowest BCUT2D eigenvalue weighted by Gasteiger charge is -2.08. The Balaban J connectivity index is 0.00000169. The molecule has 3 aromatic rings. The van der Waals surface area contributed by atoms with Crippen LogP contribution in [0.25, 0.3) is 16.5 Å². The predicted molar refractivity (Wildman–Crippen MR) is 107 cm³/mol. The number of rotatable bonds is 6. The normalized spacial score (nSPS) is 10.1. The molecule has 9 heteroatoms. The van der Waals surface area contributed by atoms with Crippen LogP contribution in [0.3, 0.4) is 0 Å². The van der Waals surface area contributed by atoms with E-state index in [1.54, 1.807) is 17.1 Å². The van der Waals surface area contributed by atoms with Crippen LogP contribution in [0, 0.1) is 6.92 Å². The first-order valence-electron chi connectivity index (χ1n) is 7.96. The monoisotopic (exact) mass is 396 g/mol. The summed E-state index contributed by atoms with van der Waals surface area (Å²) in [7, 11) is 0. The number of aromatic nitrogens is 4. The van der Waals surface area contributed by atoms with Gasteiger partial charge < -0.3 is 10.6 Å². The minimum Gasteiger partial charge on any atom is -0.349 e. The van der Waals surface area contributed by atoms with Crippen LogP contribution in [-0.2, 0) is 0 Å².